The van der Waals surface area contributed by atoms with Gasteiger partial charge in [-0.3, -0.25) is 4.90 Å². The highest BCUT2D eigenvalue weighted by atomic mass is 16.5. The Hall–Kier alpha value is -0.900. The highest BCUT2D eigenvalue weighted by Crippen LogP contribution is 2.12. The van der Waals surface area contributed by atoms with Crippen LogP contribution < -0.4 is 5.32 Å². The maximum Gasteiger partial charge on any atom is 0.0594 e. The van der Waals surface area contributed by atoms with Crippen LogP contribution in [0.2, 0.25) is 0 Å². The fourth-order valence-electron chi connectivity index (χ4n) is 2.14. The third-order valence-corrected chi connectivity index (χ3v) is 3.18. The minimum Gasteiger partial charge on any atom is -0.379 e. The van der Waals surface area contributed by atoms with Gasteiger partial charge in [0.05, 0.1) is 13.2 Å². The van der Waals surface area contributed by atoms with Gasteiger partial charge in [-0.25, -0.2) is 0 Å². The fourth-order valence-corrected chi connectivity index (χ4v) is 2.14. The van der Waals surface area contributed by atoms with Crippen LogP contribution in [0.3, 0.4) is 0 Å². The Morgan fingerprint density at radius 1 is 1.18 bits per heavy atom. The van der Waals surface area contributed by atoms with Gasteiger partial charge in [-0.05, 0) is 17.7 Å². The second-order valence-corrected chi connectivity index (χ2v) is 4.44. The number of nitrogens with zero attached hydrogens (tertiary/aromatic N) is 1. The van der Waals surface area contributed by atoms with E-state index in [1.54, 1.807) is 0 Å². The highest BCUT2D eigenvalue weighted by Gasteiger charge is 2.12. The molecule has 0 amide bonds. The fraction of sp³-hybridized carbons (Fsp3) is 0.571. The van der Waals surface area contributed by atoms with Crippen molar-refractivity contribution in [3.05, 3.63) is 35.4 Å². The molecule has 1 aliphatic rings. The molecule has 0 radical (unpaired) electrons. The summed E-state index contributed by atoms with van der Waals surface area (Å²) in [5, 5.41) is 3.40. The molecule has 1 N–H and O–H groups in total. The van der Waals surface area contributed by atoms with Crippen LogP contribution in [0.25, 0.3) is 0 Å². The third-order valence-electron chi connectivity index (χ3n) is 3.18. The molecular formula is C14H22N2O. The van der Waals surface area contributed by atoms with Gasteiger partial charge in [-0.1, -0.05) is 31.2 Å². The SMILES string of the molecule is CCNCc1ccccc1CN1CCOCC1. The molecule has 94 valence electrons. The van der Waals surface area contributed by atoms with E-state index in [0.717, 1.165) is 45.9 Å². The normalized spacial score (nSPS) is 17.2. The van der Waals surface area contributed by atoms with Crippen LogP contribution >= 0.6 is 0 Å². The van der Waals surface area contributed by atoms with Crippen LogP contribution in [0.1, 0.15) is 18.1 Å². The topological polar surface area (TPSA) is 24.5 Å². The monoisotopic (exact) mass is 234 g/mol. The Morgan fingerprint density at radius 2 is 1.88 bits per heavy atom. The largest absolute Gasteiger partial charge is 0.379 e. The molecule has 3 nitrogen and oxygen atoms in total. The van der Waals surface area contributed by atoms with Gasteiger partial charge in [0, 0.05) is 26.2 Å². The Bertz CT molecular complexity index is 335. The van der Waals surface area contributed by atoms with E-state index in [1.165, 1.54) is 11.1 Å². The lowest BCUT2D eigenvalue weighted by molar-refractivity contribution is 0.0340. The van der Waals surface area contributed by atoms with E-state index in [-0.39, 0.29) is 0 Å². The van der Waals surface area contributed by atoms with Gasteiger partial charge in [0.25, 0.3) is 0 Å². The predicted molar refractivity (Wildman–Crippen MR) is 69.9 cm³/mol. The zero-order valence-electron chi connectivity index (χ0n) is 10.6. The summed E-state index contributed by atoms with van der Waals surface area (Å²) in [5.74, 6) is 0. The predicted octanol–water partition coefficient (Wildman–Crippen LogP) is 1.63. The van der Waals surface area contributed by atoms with Crippen LogP contribution in [-0.4, -0.2) is 37.7 Å². The van der Waals surface area contributed by atoms with E-state index in [1.807, 2.05) is 0 Å². The average molecular weight is 234 g/mol. The summed E-state index contributed by atoms with van der Waals surface area (Å²) >= 11 is 0. The molecule has 0 atom stereocenters. The molecular weight excluding hydrogens is 212 g/mol. The number of rotatable bonds is 5. The number of morpholine rings is 1. The van der Waals surface area contributed by atoms with E-state index in [0.29, 0.717) is 0 Å². The van der Waals surface area contributed by atoms with Gasteiger partial charge < -0.3 is 10.1 Å². The van der Waals surface area contributed by atoms with Crippen LogP contribution in [-0.2, 0) is 17.8 Å². The smallest absolute Gasteiger partial charge is 0.0594 e. The maximum atomic E-state index is 5.38. The standard InChI is InChI=1S/C14H22N2O/c1-2-15-11-13-5-3-4-6-14(13)12-16-7-9-17-10-8-16/h3-6,15H,2,7-12H2,1H3. The number of hydrogen-bond donors (Lipinski definition) is 1. The summed E-state index contributed by atoms with van der Waals surface area (Å²) < 4.78 is 5.38. The van der Waals surface area contributed by atoms with Gasteiger partial charge >= 0.3 is 0 Å². The second kappa shape index (κ2) is 6.74. The minimum atomic E-state index is 0.870. The van der Waals surface area contributed by atoms with E-state index >= 15 is 0 Å². The first-order chi connectivity index (χ1) is 8.40. The Labute approximate surface area is 104 Å². The van der Waals surface area contributed by atoms with Crippen molar-refractivity contribution in [1.29, 1.82) is 0 Å². The van der Waals surface area contributed by atoms with Crippen molar-refractivity contribution in [2.45, 2.75) is 20.0 Å². The van der Waals surface area contributed by atoms with Crippen LogP contribution in [0.15, 0.2) is 24.3 Å². The number of nitrogens with one attached hydrogen (secondary N) is 1. The first-order valence-corrected chi connectivity index (χ1v) is 6.47. The molecule has 0 aliphatic carbocycles. The van der Waals surface area contributed by atoms with Gasteiger partial charge in [-0.15, -0.1) is 0 Å². The lowest BCUT2D eigenvalue weighted by Crippen LogP contribution is -2.36. The number of hydrogen-bond acceptors (Lipinski definition) is 3. The molecule has 1 heterocycles. The maximum absolute atomic E-state index is 5.38. The molecule has 0 aromatic heterocycles. The summed E-state index contributed by atoms with van der Waals surface area (Å²) in [5.41, 5.74) is 2.86. The zero-order valence-corrected chi connectivity index (χ0v) is 10.6. The van der Waals surface area contributed by atoms with Crippen molar-refractivity contribution < 1.29 is 4.74 Å². The van der Waals surface area contributed by atoms with Crippen molar-refractivity contribution >= 4 is 0 Å². The molecule has 1 aromatic carbocycles. The summed E-state index contributed by atoms with van der Waals surface area (Å²) in [7, 11) is 0. The van der Waals surface area contributed by atoms with Crippen molar-refractivity contribution in [2.24, 2.45) is 0 Å². The molecule has 1 aromatic rings. The second-order valence-electron chi connectivity index (χ2n) is 4.44. The van der Waals surface area contributed by atoms with Crippen LogP contribution in [0, 0.1) is 0 Å². The Balaban J connectivity index is 1.98. The number of ether oxygens (including phenoxy) is 1. The van der Waals surface area contributed by atoms with Crippen LogP contribution in [0.4, 0.5) is 0 Å². The van der Waals surface area contributed by atoms with Gasteiger partial charge in [0.2, 0.25) is 0 Å². The van der Waals surface area contributed by atoms with E-state index in [2.05, 4.69) is 41.4 Å². The third kappa shape index (κ3) is 3.80. The zero-order chi connectivity index (χ0) is 11.9. The molecule has 0 unspecified atom stereocenters. The van der Waals surface area contributed by atoms with Crippen molar-refractivity contribution in [3.8, 4) is 0 Å². The molecule has 1 aliphatic heterocycles. The summed E-state index contributed by atoms with van der Waals surface area (Å²) in [6.07, 6.45) is 0. The summed E-state index contributed by atoms with van der Waals surface area (Å²) in [6, 6.07) is 8.71. The molecule has 0 saturated carbocycles. The number of benzene rings is 1. The summed E-state index contributed by atoms with van der Waals surface area (Å²) in [4.78, 5) is 2.47. The van der Waals surface area contributed by atoms with E-state index in [4.69, 9.17) is 4.74 Å². The first kappa shape index (κ1) is 12.6. The minimum absolute atomic E-state index is 0.870. The van der Waals surface area contributed by atoms with Gasteiger partial charge in [0.1, 0.15) is 0 Å². The van der Waals surface area contributed by atoms with Gasteiger partial charge in [-0.2, -0.15) is 0 Å². The molecule has 2 rings (SSSR count). The van der Waals surface area contributed by atoms with E-state index < -0.39 is 0 Å². The summed E-state index contributed by atoms with van der Waals surface area (Å²) in [6.45, 7) is 9.02. The molecule has 1 saturated heterocycles. The molecule has 1 fully saturated rings. The van der Waals surface area contributed by atoms with Crippen LogP contribution in [0.5, 0.6) is 0 Å². The van der Waals surface area contributed by atoms with Gasteiger partial charge in [0.15, 0.2) is 0 Å². The van der Waals surface area contributed by atoms with Crippen molar-refractivity contribution in [1.82, 2.24) is 10.2 Å². The highest BCUT2D eigenvalue weighted by molar-refractivity contribution is 5.27. The Kier molecular flexibility index (Phi) is 4.98. The molecule has 0 spiro atoms. The van der Waals surface area contributed by atoms with Crippen molar-refractivity contribution in [2.75, 3.05) is 32.8 Å². The van der Waals surface area contributed by atoms with Crippen molar-refractivity contribution in [3.63, 3.8) is 0 Å². The molecule has 0 bridgehead atoms. The molecule has 17 heavy (non-hydrogen) atoms. The average Bonchev–Trinajstić information content (AvgIpc) is 2.39. The lowest BCUT2D eigenvalue weighted by atomic mass is 10.1. The lowest BCUT2D eigenvalue weighted by Gasteiger charge is -2.27. The quantitative estimate of drug-likeness (QED) is 0.838. The first-order valence-electron chi connectivity index (χ1n) is 6.47. The van der Waals surface area contributed by atoms with E-state index in [9.17, 15) is 0 Å². The Morgan fingerprint density at radius 3 is 2.59 bits per heavy atom. The molecule has 3 heteroatoms.